The van der Waals surface area contributed by atoms with Crippen LogP contribution in [0.25, 0.3) is 0 Å². The first-order valence-electron chi connectivity index (χ1n) is 32.1. The quantitative estimate of drug-likeness (QED) is 0.0382. The van der Waals surface area contributed by atoms with Crippen molar-refractivity contribution in [3.63, 3.8) is 0 Å². The number of hydrogen-bond donors (Lipinski definition) is 26. The molecule has 0 radical (unpaired) electrons. The first-order chi connectivity index (χ1) is 47.8. The molecule has 1 unspecified atom stereocenters. The molecule has 0 aromatic heterocycles. The summed E-state index contributed by atoms with van der Waals surface area (Å²) in [5.74, 6) is -3.47. The van der Waals surface area contributed by atoms with Crippen LogP contribution in [0.4, 0.5) is 0 Å². The van der Waals surface area contributed by atoms with E-state index in [4.69, 9.17) is 71.1 Å². The molecule has 0 saturated carbocycles. The van der Waals surface area contributed by atoms with Crippen LogP contribution in [0.15, 0.2) is 0 Å². The number of aliphatic hydroxyl groups is 22. The van der Waals surface area contributed by atoms with Gasteiger partial charge in [-0.2, -0.15) is 0 Å². The van der Waals surface area contributed by atoms with Gasteiger partial charge in [-0.3, -0.25) is 19.2 Å². The third-order valence-electron chi connectivity index (χ3n) is 18.3. The van der Waals surface area contributed by atoms with Crippen LogP contribution in [0.3, 0.4) is 0 Å². The van der Waals surface area contributed by atoms with Crippen molar-refractivity contribution >= 4 is 23.6 Å². The molecule has 0 bridgehead atoms. The molecule has 45 nitrogen and oxygen atoms in total. The number of hydrogen-bond acceptors (Lipinski definition) is 41. The van der Waals surface area contributed by atoms with Gasteiger partial charge in [0.15, 0.2) is 50.3 Å². The maximum absolute atomic E-state index is 13.0. The summed E-state index contributed by atoms with van der Waals surface area (Å²) in [6.45, 7) is -4.61. The Labute approximate surface area is 572 Å². The van der Waals surface area contributed by atoms with E-state index in [1.165, 1.54) is 0 Å². The summed E-state index contributed by atoms with van der Waals surface area (Å²) in [5, 5.41) is 252. The number of carbonyl (C=O) groups is 4. The fourth-order valence-electron chi connectivity index (χ4n) is 13.0. The van der Waals surface area contributed by atoms with Crippen LogP contribution < -0.4 is 21.3 Å². The van der Waals surface area contributed by atoms with Crippen LogP contribution in [0, 0.1) is 0 Å². The van der Waals surface area contributed by atoms with E-state index < -0.39 is 322 Å². The number of aliphatic hydroxyl groups excluding tert-OH is 22. The van der Waals surface area contributed by atoms with E-state index in [0.717, 1.165) is 27.7 Å². The molecule has 0 aliphatic carbocycles. The molecule has 0 spiro atoms. The minimum atomic E-state index is -2.53. The van der Waals surface area contributed by atoms with Crippen LogP contribution in [0.2, 0.25) is 0 Å². The summed E-state index contributed by atoms with van der Waals surface area (Å²) in [6, 6.07) is -7.14. The Balaban J connectivity index is 1.16. The summed E-state index contributed by atoms with van der Waals surface area (Å²) in [7, 11) is 0. The summed E-state index contributed by atoms with van der Waals surface area (Å²) in [6.07, 6.45) is -74.0. The zero-order valence-corrected chi connectivity index (χ0v) is 54.3. The smallest absolute Gasteiger partial charge is 0.217 e. The molecule has 0 aromatic carbocycles. The van der Waals surface area contributed by atoms with Gasteiger partial charge in [-0.25, -0.2) is 0 Å². The second-order valence-corrected chi connectivity index (χ2v) is 25.4. The van der Waals surface area contributed by atoms with E-state index in [0.29, 0.717) is 0 Å². The van der Waals surface area contributed by atoms with Crippen molar-refractivity contribution in [3.05, 3.63) is 0 Å². The van der Waals surface area contributed by atoms with E-state index in [1.54, 1.807) is 0 Å². The lowest BCUT2D eigenvalue weighted by molar-refractivity contribution is -0.398. The standard InChI is InChI=1S/C56H94N4O41/c1-13(68)57-25-36(79)43(22(10-66)88-49(25)86)96-51-27(59-15(3)70)37(80)44(23(11-67)94-51)97-54-42(85)46(34(77)24(95-54)12-87-55-47(39(82)31(74)19(7-63)92-55)100-50-26(58-14(2)69)35(78)29(72)17(5-61)89-50)99-56-48(40(83)32(75)20(8-64)93-56)101-52-28(60-16(4)71)45(33(76)21(9-65)90-52)98-53-41(84)38(81)30(73)18(6-62)91-53/h17-56,61-67,72-86H,5-12H2,1-4H3,(H,57,68)(H,58,69)(H,59,70)(H,60,71)/t17-,18-,19-,20-,21-,22-,23-,24-,25-,26-,27-,28-,29-,30+,31-,32-,33-,34-,35-,36-,37-,38+,39+,40+,41-,42+,43-,44-,45-,46+,47+,48+,49?,50+,51+,52+,53+,54+,55+,56-/m1/s1. The highest BCUT2D eigenvalue weighted by Gasteiger charge is 2.60. The van der Waals surface area contributed by atoms with Gasteiger partial charge in [0.1, 0.15) is 195 Å². The lowest BCUT2D eigenvalue weighted by Gasteiger charge is -2.51. The average molecular weight is 1480 g/mol. The van der Waals surface area contributed by atoms with Crippen molar-refractivity contribution in [1.82, 2.24) is 21.3 Å². The molecule has 584 valence electrons. The largest absolute Gasteiger partial charge is 0.394 e. The number of rotatable bonds is 26. The Bertz CT molecular complexity index is 2640. The predicted molar refractivity (Wildman–Crippen MR) is 311 cm³/mol. The Morgan fingerprint density at radius 1 is 0.257 bits per heavy atom. The normalized spacial score (nSPS) is 48.3. The maximum Gasteiger partial charge on any atom is 0.217 e. The van der Waals surface area contributed by atoms with Crippen molar-refractivity contribution < 1.29 is 203 Å². The highest BCUT2D eigenvalue weighted by molar-refractivity contribution is 5.74. The molecule has 101 heavy (non-hydrogen) atoms. The molecule has 8 aliphatic rings. The minimum Gasteiger partial charge on any atom is -0.394 e. The summed E-state index contributed by atoms with van der Waals surface area (Å²) >= 11 is 0. The Kier molecular flexibility index (Phi) is 29.9. The Hall–Kier alpha value is -3.60. The molecule has 8 fully saturated rings. The van der Waals surface area contributed by atoms with Crippen molar-refractivity contribution in [1.29, 1.82) is 0 Å². The second kappa shape index (κ2) is 36.3. The Morgan fingerprint density at radius 2 is 0.564 bits per heavy atom. The second-order valence-electron chi connectivity index (χ2n) is 25.4. The lowest BCUT2D eigenvalue weighted by Crippen LogP contribution is -2.71. The molecule has 26 N–H and O–H groups in total. The number of amides is 4. The van der Waals surface area contributed by atoms with E-state index in [1.807, 2.05) is 0 Å². The molecular weight excluding hydrogens is 1380 g/mol. The van der Waals surface area contributed by atoms with E-state index in [2.05, 4.69) is 21.3 Å². The van der Waals surface area contributed by atoms with Crippen LogP contribution in [-0.4, -0.2) is 434 Å². The third-order valence-corrected chi connectivity index (χ3v) is 18.3. The monoisotopic (exact) mass is 1480 g/mol. The number of nitrogens with one attached hydrogen (secondary N) is 4. The predicted octanol–water partition coefficient (Wildman–Crippen LogP) is -17.9. The van der Waals surface area contributed by atoms with Crippen LogP contribution in [0.1, 0.15) is 27.7 Å². The number of carbonyl (C=O) groups excluding carboxylic acids is 4. The Morgan fingerprint density at radius 3 is 1.06 bits per heavy atom. The highest BCUT2D eigenvalue weighted by Crippen LogP contribution is 2.39. The van der Waals surface area contributed by atoms with Crippen molar-refractivity contribution in [3.8, 4) is 0 Å². The molecule has 8 aliphatic heterocycles. The average Bonchev–Trinajstić information content (AvgIpc) is 0.771. The molecule has 40 atom stereocenters. The third kappa shape index (κ3) is 18.5. The first kappa shape index (κ1) is 83.0. The van der Waals surface area contributed by atoms with Gasteiger partial charge >= 0.3 is 0 Å². The zero-order valence-electron chi connectivity index (χ0n) is 54.3. The van der Waals surface area contributed by atoms with Gasteiger partial charge in [0.05, 0.1) is 52.9 Å². The molecule has 8 rings (SSSR count). The topological polar surface area (TPSA) is 700 Å². The van der Waals surface area contributed by atoms with Gasteiger partial charge in [-0.05, 0) is 0 Å². The summed E-state index contributed by atoms with van der Waals surface area (Å²) < 4.78 is 88.8. The summed E-state index contributed by atoms with van der Waals surface area (Å²) in [5.41, 5.74) is 0. The molecule has 4 amide bonds. The zero-order chi connectivity index (χ0) is 74.5. The van der Waals surface area contributed by atoms with Crippen molar-refractivity contribution in [2.45, 2.75) is 273 Å². The SMILES string of the molecule is CC(=O)N[C@H]1[C@H](O[C@H]2[C@H](O)[C@@H](NC(C)=O)C(O)O[C@@H]2CO)O[C@H](CO)[C@@H](O[C@@H]2O[C@H](CO[C@H]3O[C@H](CO)[C@@H](O)[C@H](O)[C@@H]3O[C@@H]3O[C@H](CO)[C@@H](O)[C@H](O)[C@H]3NC(C)=O)[C@@H](O)[C@H](O[C@H]3O[C@H](CO)[C@@H](O)[C@H](O)[C@@H]3O[C@@H]3O[C@H](CO)[C@@H](O)[C@H](O[C@@H]4O[C@H](CO)[C@H](O)[C@H](O)[C@H]4O)[C@H]3NC(C)=O)[C@@H]2O)[C@@H]1O. The fraction of sp³-hybridized carbons (Fsp3) is 0.929. The van der Waals surface area contributed by atoms with Gasteiger partial charge in [-0.15, -0.1) is 0 Å². The van der Waals surface area contributed by atoms with Crippen molar-refractivity contribution in [2.24, 2.45) is 0 Å². The summed E-state index contributed by atoms with van der Waals surface area (Å²) in [4.78, 5) is 50.4. The maximum atomic E-state index is 13.0. The van der Waals surface area contributed by atoms with E-state index in [-0.39, 0.29) is 0 Å². The van der Waals surface area contributed by atoms with Gasteiger partial charge in [0, 0.05) is 27.7 Å². The molecule has 8 saturated heterocycles. The van der Waals surface area contributed by atoms with E-state index >= 15 is 0 Å². The number of ether oxygens (including phenoxy) is 15. The van der Waals surface area contributed by atoms with Crippen LogP contribution in [-0.2, 0) is 90.2 Å². The van der Waals surface area contributed by atoms with Crippen LogP contribution >= 0.6 is 0 Å². The van der Waals surface area contributed by atoms with Crippen molar-refractivity contribution in [2.75, 3.05) is 52.9 Å². The van der Waals surface area contributed by atoms with E-state index in [9.17, 15) is 132 Å². The molecule has 0 aromatic rings. The minimum absolute atomic E-state index is 0.772. The first-order valence-corrected chi connectivity index (χ1v) is 32.1. The van der Waals surface area contributed by atoms with Gasteiger partial charge in [0.2, 0.25) is 23.6 Å². The molecule has 45 heteroatoms. The molecular formula is C56H94N4O41. The van der Waals surface area contributed by atoms with Gasteiger partial charge in [-0.1, -0.05) is 0 Å². The fourth-order valence-corrected chi connectivity index (χ4v) is 13.0. The van der Waals surface area contributed by atoms with Gasteiger partial charge < -0.3 is 205 Å². The van der Waals surface area contributed by atoms with Crippen LogP contribution in [0.5, 0.6) is 0 Å². The van der Waals surface area contributed by atoms with Gasteiger partial charge in [0.25, 0.3) is 0 Å². The molecule has 8 heterocycles. The highest BCUT2D eigenvalue weighted by atomic mass is 16.8. The lowest BCUT2D eigenvalue weighted by atomic mass is 9.93.